The molecule has 4 aromatic rings. The Hall–Kier alpha value is -5.35. The van der Waals surface area contributed by atoms with Crippen molar-refractivity contribution in [2.75, 3.05) is 29.6 Å². The topological polar surface area (TPSA) is 128 Å². The minimum Gasteiger partial charge on any atom is -0.478 e. The molecule has 44 heavy (non-hydrogen) atoms. The van der Waals surface area contributed by atoms with Gasteiger partial charge in [-0.05, 0) is 79.2 Å². The van der Waals surface area contributed by atoms with Crippen molar-refractivity contribution in [3.05, 3.63) is 126 Å². The number of benzene rings is 4. The Morgan fingerprint density at radius 1 is 0.773 bits per heavy atom. The minimum absolute atomic E-state index is 0.0610. The Kier molecular flexibility index (Phi) is 10.6. The van der Waals surface area contributed by atoms with Gasteiger partial charge >= 0.3 is 5.97 Å². The lowest BCUT2D eigenvalue weighted by Gasteiger charge is -2.15. The maximum atomic E-state index is 13.5. The van der Waals surface area contributed by atoms with Crippen LogP contribution in [0, 0.1) is 0 Å². The SMILES string of the molecule is CC(Sc1cccc(NC(=O)/C(=C\c2ccc(N(C)C)cc2)NC(=O)c2ccccc2)c1)C(=O)Nc1cccc(C(=O)O)c1. The molecule has 4 N–H and O–H groups in total. The molecule has 0 aliphatic carbocycles. The van der Waals surface area contributed by atoms with Gasteiger partial charge in [-0.3, -0.25) is 14.4 Å². The van der Waals surface area contributed by atoms with Gasteiger partial charge in [-0.15, -0.1) is 11.8 Å². The number of rotatable bonds is 11. The zero-order chi connectivity index (χ0) is 31.6. The van der Waals surface area contributed by atoms with E-state index in [9.17, 15) is 24.3 Å². The van der Waals surface area contributed by atoms with Crippen LogP contribution in [0.5, 0.6) is 0 Å². The van der Waals surface area contributed by atoms with Crippen LogP contribution in [0.4, 0.5) is 17.1 Å². The highest BCUT2D eigenvalue weighted by atomic mass is 32.2. The Balaban J connectivity index is 1.48. The Morgan fingerprint density at radius 3 is 2.07 bits per heavy atom. The monoisotopic (exact) mass is 608 g/mol. The number of nitrogens with zero attached hydrogens (tertiary/aromatic N) is 1. The Morgan fingerprint density at radius 2 is 1.41 bits per heavy atom. The molecule has 0 saturated carbocycles. The third kappa shape index (κ3) is 8.83. The van der Waals surface area contributed by atoms with Crippen molar-refractivity contribution in [2.45, 2.75) is 17.1 Å². The smallest absolute Gasteiger partial charge is 0.335 e. The van der Waals surface area contributed by atoms with E-state index in [1.54, 1.807) is 73.7 Å². The molecule has 0 saturated heterocycles. The van der Waals surface area contributed by atoms with Gasteiger partial charge in [-0.1, -0.05) is 42.5 Å². The fourth-order valence-corrected chi connectivity index (χ4v) is 4.98. The first-order chi connectivity index (χ1) is 21.1. The summed E-state index contributed by atoms with van der Waals surface area (Å²) in [6.07, 6.45) is 1.61. The summed E-state index contributed by atoms with van der Waals surface area (Å²) in [5.74, 6) is -2.32. The molecule has 0 heterocycles. The largest absolute Gasteiger partial charge is 0.478 e. The molecule has 0 radical (unpaired) electrons. The van der Waals surface area contributed by atoms with Gasteiger partial charge in [-0.2, -0.15) is 0 Å². The number of nitrogens with one attached hydrogen (secondary N) is 3. The van der Waals surface area contributed by atoms with Crippen molar-refractivity contribution in [1.82, 2.24) is 5.32 Å². The molecule has 224 valence electrons. The Labute approximate surface area is 260 Å². The highest BCUT2D eigenvalue weighted by Crippen LogP contribution is 2.27. The molecule has 10 heteroatoms. The summed E-state index contributed by atoms with van der Waals surface area (Å²) in [4.78, 5) is 53.1. The van der Waals surface area contributed by atoms with Gasteiger partial charge in [0.2, 0.25) is 5.91 Å². The van der Waals surface area contributed by atoms with Crippen LogP contribution in [0.25, 0.3) is 6.08 Å². The second kappa shape index (κ2) is 14.7. The average Bonchev–Trinajstić information content (AvgIpc) is 3.01. The van der Waals surface area contributed by atoms with E-state index in [0.29, 0.717) is 16.9 Å². The first-order valence-corrected chi connectivity index (χ1v) is 14.5. The number of carboxylic acids is 1. The van der Waals surface area contributed by atoms with Gasteiger partial charge in [-0.25, -0.2) is 4.79 Å². The number of carbonyl (C=O) groups excluding carboxylic acids is 3. The first-order valence-electron chi connectivity index (χ1n) is 13.7. The zero-order valence-corrected chi connectivity index (χ0v) is 25.2. The standard InChI is InChI=1S/C34H32N4O5S/c1-22(31(39)35-26-12-7-11-25(20-26)34(42)43)44-29-14-8-13-27(21-29)36-33(41)30(37-32(40)24-9-5-4-6-10-24)19-23-15-17-28(18-16-23)38(2)3/h4-22H,1-3H3,(H,35,39)(H,36,41)(H,37,40)(H,42,43)/b30-19+. The molecule has 4 rings (SSSR count). The first kappa shape index (κ1) is 31.6. The number of amides is 3. The normalized spacial score (nSPS) is 11.7. The van der Waals surface area contributed by atoms with Gasteiger partial charge in [0, 0.05) is 41.6 Å². The van der Waals surface area contributed by atoms with Crippen LogP contribution in [-0.4, -0.2) is 48.1 Å². The summed E-state index contributed by atoms with van der Waals surface area (Å²) in [7, 11) is 3.87. The highest BCUT2D eigenvalue weighted by Gasteiger charge is 2.18. The fraction of sp³-hybridized carbons (Fsp3) is 0.118. The van der Waals surface area contributed by atoms with Crippen LogP contribution in [0.2, 0.25) is 0 Å². The maximum absolute atomic E-state index is 13.5. The summed E-state index contributed by atoms with van der Waals surface area (Å²) in [6.45, 7) is 1.73. The summed E-state index contributed by atoms with van der Waals surface area (Å²) in [6, 6.07) is 29.2. The van der Waals surface area contributed by atoms with Crippen molar-refractivity contribution < 1.29 is 24.3 Å². The molecule has 9 nitrogen and oxygen atoms in total. The molecule has 0 fully saturated rings. The maximum Gasteiger partial charge on any atom is 0.335 e. The van der Waals surface area contributed by atoms with Crippen LogP contribution in [0.1, 0.15) is 33.2 Å². The molecule has 4 aromatic carbocycles. The van der Waals surface area contributed by atoms with Gasteiger partial charge < -0.3 is 26.0 Å². The Bertz CT molecular complexity index is 1690. The highest BCUT2D eigenvalue weighted by molar-refractivity contribution is 8.00. The quantitative estimate of drug-likeness (QED) is 0.122. The van der Waals surface area contributed by atoms with Crippen molar-refractivity contribution >= 4 is 58.6 Å². The molecule has 0 bridgehead atoms. The van der Waals surface area contributed by atoms with E-state index in [4.69, 9.17) is 0 Å². The molecule has 1 unspecified atom stereocenters. The van der Waals surface area contributed by atoms with Gasteiger partial charge in [0.05, 0.1) is 10.8 Å². The number of aromatic carboxylic acids is 1. The number of hydrogen-bond acceptors (Lipinski definition) is 6. The van der Waals surface area contributed by atoms with E-state index in [-0.39, 0.29) is 17.2 Å². The van der Waals surface area contributed by atoms with E-state index in [1.807, 2.05) is 49.3 Å². The van der Waals surface area contributed by atoms with Gasteiger partial charge in [0.15, 0.2) is 0 Å². The number of carboxylic acid groups (broad SMARTS) is 1. The van der Waals surface area contributed by atoms with E-state index in [0.717, 1.165) is 16.1 Å². The zero-order valence-electron chi connectivity index (χ0n) is 24.4. The number of hydrogen-bond donors (Lipinski definition) is 4. The molecule has 0 aliphatic heterocycles. The second-order valence-corrected chi connectivity index (χ2v) is 11.4. The van der Waals surface area contributed by atoms with E-state index >= 15 is 0 Å². The van der Waals surface area contributed by atoms with Crippen molar-refractivity contribution in [3.8, 4) is 0 Å². The lowest BCUT2D eigenvalue weighted by atomic mass is 10.1. The summed E-state index contributed by atoms with van der Waals surface area (Å²) < 4.78 is 0. The van der Waals surface area contributed by atoms with Crippen LogP contribution in [-0.2, 0) is 9.59 Å². The number of carbonyl (C=O) groups is 4. The third-order valence-corrected chi connectivity index (χ3v) is 7.49. The lowest BCUT2D eigenvalue weighted by molar-refractivity contribution is -0.115. The summed E-state index contributed by atoms with van der Waals surface area (Å²) >= 11 is 1.28. The molecular weight excluding hydrogens is 576 g/mol. The molecule has 1 atom stereocenters. The second-order valence-electron chi connectivity index (χ2n) is 9.98. The van der Waals surface area contributed by atoms with Crippen molar-refractivity contribution in [3.63, 3.8) is 0 Å². The van der Waals surface area contributed by atoms with Crippen LogP contribution in [0.3, 0.4) is 0 Å². The van der Waals surface area contributed by atoms with Crippen molar-refractivity contribution in [2.24, 2.45) is 0 Å². The van der Waals surface area contributed by atoms with Crippen molar-refractivity contribution in [1.29, 1.82) is 0 Å². The van der Waals surface area contributed by atoms with E-state index < -0.39 is 23.0 Å². The third-order valence-electron chi connectivity index (χ3n) is 6.40. The predicted molar refractivity (Wildman–Crippen MR) is 175 cm³/mol. The average molecular weight is 609 g/mol. The van der Waals surface area contributed by atoms with E-state index in [2.05, 4.69) is 16.0 Å². The summed E-state index contributed by atoms with van der Waals surface area (Å²) in [5.41, 5.74) is 3.13. The lowest BCUT2D eigenvalue weighted by Crippen LogP contribution is -2.30. The van der Waals surface area contributed by atoms with Gasteiger partial charge in [0.25, 0.3) is 11.8 Å². The summed E-state index contributed by atoms with van der Waals surface area (Å²) in [5, 5.41) is 17.0. The fourth-order valence-electron chi connectivity index (χ4n) is 4.05. The van der Waals surface area contributed by atoms with E-state index in [1.165, 1.54) is 23.9 Å². The van der Waals surface area contributed by atoms with Crippen LogP contribution in [0.15, 0.2) is 114 Å². The van der Waals surface area contributed by atoms with Crippen LogP contribution >= 0.6 is 11.8 Å². The minimum atomic E-state index is -1.08. The molecule has 3 amide bonds. The number of thioether (sulfide) groups is 1. The molecule has 0 aromatic heterocycles. The van der Waals surface area contributed by atoms with Gasteiger partial charge in [0.1, 0.15) is 5.70 Å². The molecule has 0 aliphatic rings. The molecular formula is C34H32N4O5S. The predicted octanol–water partition coefficient (Wildman–Crippen LogP) is 5.98. The molecule has 0 spiro atoms. The number of anilines is 3. The van der Waals surface area contributed by atoms with Crippen LogP contribution < -0.4 is 20.9 Å².